The molecule has 3 aliphatic heterocycles. The molecule has 4 amide bonds. The maximum Gasteiger partial charge on any atom is 0.324 e. The molecule has 0 saturated carbocycles. The van der Waals surface area contributed by atoms with Crippen molar-refractivity contribution in [3.8, 4) is 5.75 Å². The molecule has 1 aromatic heterocycles. The topological polar surface area (TPSA) is 152 Å². The molecule has 56 heavy (non-hydrogen) atoms. The van der Waals surface area contributed by atoms with E-state index in [1.807, 2.05) is 29.2 Å². The van der Waals surface area contributed by atoms with Crippen molar-refractivity contribution in [1.82, 2.24) is 30.0 Å². The Bertz CT molecular complexity index is 2080. The molecular weight excluding hydrogens is 734 g/mol. The third-order valence-electron chi connectivity index (χ3n) is 10.6. The molecule has 0 bridgehead atoms. The van der Waals surface area contributed by atoms with E-state index in [0.717, 1.165) is 37.2 Å². The average Bonchev–Trinajstić information content (AvgIpc) is 3.21. The Labute approximate surface area is 331 Å². The second kappa shape index (κ2) is 17.4. The lowest BCUT2D eigenvalue weighted by Gasteiger charge is -2.38. The van der Waals surface area contributed by atoms with E-state index in [2.05, 4.69) is 60.0 Å². The number of halogens is 1. The van der Waals surface area contributed by atoms with Gasteiger partial charge in [0.2, 0.25) is 17.8 Å². The molecule has 4 aromatic rings. The van der Waals surface area contributed by atoms with Crippen molar-refractivity contribution in [3.05, 3.63) is 94.6 Å². The van der Waals surface area contributed by atoms with Gasteiger partial charge in [0, 0.05) is 63.0 Å². The number of nitrogens with zero attached hydrogens (tertiary/aromatic N) is 6. The Morgan fingerprint density at radius 3 is 2.38 bits per heavy atom. The summed E-state index contributed by atoms with van der Waals surface area (Å²) in [5, 5.41) is 9.06. The highest BCUT2D eigenvalue weighted by Crippen LogP contribution is 2.34. The van der Waals surface area contributed by atoms with Crippen LogP contribution in [-0.4, -0.2) is 108 Å². The number of hydrogen-bond donors (Lipinski definition) is 3. The summed E-state index contributed by atoms with van der Waals surface area (Å²) in [7, 11) is 1.61. The fraction of sp³-hybridized carbons (Fsp3) is 0.366. The number of ketones is 1. The number of hydrogen-bond acceptors (Lipinski definition) is 11. The number of benzene rings is 3. The van der Waals surface area contributed by atoms with Crippen LogP contribution in [0.25, 0.3) is 0 Å². The van der Waals surface area contributed by atoms with Gasteiger partial charge in [0.05, 0.1) is 31.2 Å². The summed E-state index contributed by atoms with van der Waals surface area (Å²) in [6.45, 7) is 7.28. The van der Waals surface area contributed by atoms with Crippen LogP contribution in [-0.2, 0) is 16.1 Å². The highest BCUT2D eigenvalue weighted by molar-refractivity contribution is 6.33. The van der Waals surface area contributed by atoms with Crippen LogP contribution in [0.15, 0.2) is 72.9 Å². The fourth-order valence-electron chi connectivity index (χ4n) is 7.44. The lowest BCUT2D eigenvalue weighted by atomic mass is 9.89. The summed E-state index contributed by atoms with van der Waals surface area (Å²) in [6, 6.07) is 21.2. The van der Waals surface area contributed by atoms with Crippen LogP contribution in [0.1, 0.15) is 53.6 Å². The maximum absolute atomic E-state index is 13.4. The van der Waals surface area contributed by atoms with Gasteiger partial charge in [0.15, 0.2) is 11.6 Å². The quantitative estimate of drug-likeness (QED) is 0.150. The third kappa shape index (κ3) is 9.20. The number of likely N-dealkylation sites (tertiary alicyclic amines) is 1. The number of nitrogens with one attached hydrogen (secondary N) is 3. The average molecular weight is 780 g/mol. The summed E-state index contributed by atoms with van der Waals surface area (Å²) < 4.78 is 5.74. The van der Waals surface area contributed by atoms with Crippen molar-refractivity contribution >= 4 is 64.1 Å². The Hall–Kier alpha value is -5.73. The number of urea groups is 1. The summed E-state index contributed by atoms with van der Waals surface area (Å²) >= 11 is 6.41. The van der Waals surface area contributed by atoms with E-state index in [1.165, 1.54) is 18.7 Å². The molecule has 0 atom stereocenters. The van der Waals surface area contributed by atoms with Gasteiger partial charge in [-0.2, -0.15) is 4.98 Å². The number of rotatable bonds is 12. The molecule has 14 nitrogen and oxygen atoms in total. The van der Waals surface area contributed by atoms with Gasteiger partial charge in [-0.15, -0.1) is 0 Å². The van der Waals surface area contributed by atoms with Crippen molar-refractivity contribution in [1.29, 1.82) is 0 Å². The van der Waals surface area contributed by atoms with Gasteiger partial charge in [0.25, 0.3) is 0 Å². The molecular formula is C41H46ClN9O5. The summed E-state index contributed by atoms with van der Waals surface area (Å²) in [5.41, 5.74) is 5.11. The van der Waals surface area contributed by atoms with Gasteiger partial charge in [-0.05, 0) is 74.2 Å². The number of methoxy groups -OCH3 is 1. The van der Waals surface area contributed by atoms with Crippen molar-refractivity contribution < 1.29 is 23.9 Å². The molecule has 4 heterocycles. The monoisotopic (exact) mass is 779 g/mol. The minimum atomic E-state index is -0.333. The number of piperazine rings is 1. The molecule has 0 spiro atoms. The standard InChI is InChI=1S/C41H46ClN9O5/c1-27(52)32-5-3-4-6-34(32)44-39-33(42)24-43-40(47-39)45-35-12-11-31(23-36(35)56-2)49-19-21-50(22-20-49)38(54)26-48-16-13-30(14-17-48)29-9-7-28(8-10-29)25-51-18-15-37(53)46-41(51)55/h3-12,23-24,30H,13-22,25-26H2,1-2H3,(H,46,53,55)(H2,43,44,45,47). The molecule has 15 heteroatoms. The van der Waals surface area contributed by atoms with E-state index < -0.39 is 0 Å². The largest absolute Gasteiger partial charge is 0.494 e. The first-order chi connectivity index (χ1) is 27.1. The molecule has 3 N–H and O–H groups in total. The zero-order valence-electron chi connectivity index (χ0n) is 31.6. The molecule has 0 unspecified atom stereocenters. The Morgan fingerprint density at radius 1 is 0.911 bits per heavy atom. The van der Waals surface area contributed by atoms with E-state index in [-0.39, 0.29) is 23.6 Å². The van der Waals surface area contributed by atoms with Crippen molar-refractivity contribution in [2.75, 3.05) is 75.0 Å². The predicted molar refractivity (Wildman–Crippen MR) is 215 cm³/mol. The lowest BCUT2D eigenvalue weighted by molar-refractivity contribution is -0.133. The van der Waals surface area contributed by atoms with Gasteiger partial charge in [-0.25, -0.2) is 9.78 Å². The Balaban J connectivity index is 0.876. The van der Waals surface area contributed by atoms with E-state index in [9.17, 15) is 19.2 Å². The van der Waals surface area contributed by atoms with Crippen LogP contribution < -0.4 is 25.6 Å². The van der Waals surface area contributed by atoms with Crippen LogP contribution in [0.3, 0.4) is 0 Å². The number of piperidine rings is 1. The zero-order chi connectivity index (χ0) is 39.2. The molecule has 3 fully saturated rings. The van der Waals surface area contributed by atoms with Crippen LogP contribution >= 0.6 is 11.6 Å². The van der Waals surface area contributed by atoms with E-state index >= 15 is 0 Å². The fourth-order valence-corrected chi connectivity index (χ4v) is 7.58. The molecule has 292 valence electrons. The first-order valence-corrected chi connectivity index (χ1v) is 19.3. The van der Waals surface area contributed by atoms with E-state index in [4.69, 9.17) is 16.3 Å². The maximum atomic E-state index is 13.4. The second-order valence-electron chi connectivity index (χ2n) is 14.3. The lowest BCUT2D eigenvalue weighted by Crippen LogP contribution is -2.51. The van der Waals surface area contributed by atoms with Crippen molar-refractivity contribution in [2.45, 2.75) is 38.6 Å². The van der Waals surface area contributed by atoms with Gasteiger partial charge in [0.1, 0.15) is 10.8 Å². The number of amides is 4. The SMILES string of the molecule is COc1cc(N2CCN(C(=O)CN3CCC(c4ccc(CN5CCC(=O)NC5=O)cc4)CC3)CC2)ccc1Nc1ncc(Cl)c(Nc2ccccc2C(C)=O)n1. The highest BCUT2D eigenvalue weighted by atomic mass is 35.5. The minimum Gasteiger partial charge on any atom is -0.494 e. The summed E-state index contributed by atoms with van der Waals surface area (Å²) in [5.74, 6) is 1.57. The van der Waals surface area contributed by atoms with Crippen molar-refractivity contribution in [3.63, 3.8) is 0 Å². The predicted octanol–water partition coefficient (Wildman–Crippen LogP) is 5.80. The number of imide groups is 1. The first kappa shape index (κ1) is 38.5. The molecule has 3 saturated heterocycles. The number of aromatic nitrogens is 2. The van der Waals surface area contributed by atoms with Crippen LogP contribution in [0.4, 0.5) is 33.6 Å². The summed E-state index contributed by atoms with van der Waals surface area (Å²) in [6.07, 6.45) is 3.80. The van der Waals surface area contributed by atoms with Crippen LogP contribution in [0, 0.1) is 0 Å². The molecule has 3 aliphatic rings. The number of ether oxygens (including phenoxy) is 1. The van der Waals surface area contributed by atoms with Gasteiger partial charge >= 0.3 is 6.03 Å². The smallest absolute Gasteiger partial charge is 0.324 e. The number of para-hydroxylation sites is 1. The van der Waals surface area contributed by atoms with Gasteiger partial charge in [-0.1, -0.05) is 48.0 Å². The van der Waals surface area contributed by atoms with E-state index in [1.54, 1.807) is 30.2 Å². The van der Waals surface area contributed by atoms with E-state index in [0.29, 0.717) is 97.6 Å². The van der Waals surface area contributed by atoms with Gasteiger partial charge < -0.3 is 30.1 Å². The zero-order valence-corrected chi connectivity index (χ0v) is 32.3. The Kier molecular flexibility index (Phi) is 12.0. The number of carbonyl (C=O) groups is 4. The molecule has 7 rings (SSSR count). The number of anilines is 5. The normalized spacial score (nSPS) is 16.7. The molecule has 3 aromatic carbocycles. The highest BCUT2D eigenvalue weighted by Gasteiger charge is 2.27. The third-order valence-corrected chi connectivity index (χ3v) is 10.9. The number of carbonyl (C=O) groups excluding carboxylic acids is 4. The molecule has 0 aliphatic carbocycles. The number of Topliss-reactive ketones (excluding diaryl/α,β-unsaturated/α-hetero) is 1. The van der Waals surface area contributed by atoms with Crippen molar-refractivity contribution in [2.24, 2.45) is 0 Å². The van der Waals surface area contributed by atoms with Crippen LogP contribution in [0.2, 0.25) is 5.02 Å². The second-order valence-corrected chi connectivity index (χ2v) is 14.7. The van der Waals surface area contributed by atoms with Crippen LogP contribution in [0.5, 0.6) is 5.75 Å². The Morgan fingerprint density at radius 2 is 1.66 bits per heavy atom. The minimum absolute atomic E-state index is 0.0768. The molecule has 0 radical (unpaired) electrons. The summed E-state index contributed by atoms with van der Waals surface area (Å²) in [4.78, 5) is 66.0. The first-order valence-electron chi connectivity index (χ1n) is 18.9. The van der Waals surface area contributed by atoms with Gasteiger partial charge in [-0.3, -0.25) is 24.6 Å².